The van der Waals surface area contributed by atoms with Crippen molar-refractivity contribution in [2.75, 3.05) is 0 Å². The summed E-state index contributed by atoms with van der Waals surface area (Å²) in [5.41, 5.74) is 4.93. The molecule has 0 aliphatic heterocycles. The number of rotatable bonds is 5. The van der Waals surface area contributed by atoms with Crippen molar-refractivity contribution in [1.29, 1.82) is 0 Å². The number of aryl methyl sites for hydroxylation is 2. The number of Topliss-reactive ketones (excluding diaryl/α,β-unsaturated/α-hetero) is 1. The van der Waals surface area contributed by atoms with Gasteiger partial charge < -0.3 is 4.74 Å². The van der Waals surface area contributed by atoms with Crippen LogP contribution in [0.2, 0.25) is 0 Å². The van der Waals surface area contributed by atoms with Crippen LogP contribution < -0.4 is 4.74 Å². The molecule has 0 aliphatic rings. The van der Waals surface area contributed by atoms with Gasteiger partial charge in [-0.2, -0.15) is 5.10 Å². The van der Waals surface area contributed by atoms with Crippen LogP contribution in [0.25, 0.3) is 5.69 Å². The molecule has 0 atom stereocenters. The second-order valence-electron chi connectivity index (χ2n) is 5.87. The molecule has 4 heteroatoms. The van der Waals surface area contributed by atoms with Gasteiger partial charge in [-0.3, -0.25) is 4.79 Å². The van der Waals surface area contributed by atoms with Crippen molar-refractivity contribution < 1.29 is 9.53 Å². The summed E-state index contributed by atoms with van der Waals surface area (Å²) in [4.78, 5) is 11.3. The van der Waals surface area contributed by atoms with Gasteiger partial charge in [-0.05, 0) is 68.8 Å². The van der Waals surface area contributed by atoms with Gasteiger partial charge in [-0.15, -0.1) is 0 Å². The topological polar surface area (TPSA) is 44.1 Å². The maximum atomic E-state index is 11.3. The second-order valence-corrected chi connectivity index (χ2v) is 5.87. The van der Waals surface area contributed by atoms with Crippen LogP contribution in [0.4, 0.5) is 0 Å². The first-order valence-corrected chi connectivity index (χ1v) is 7.89. The van der Waals surface area contributed by atoms with Gasteiger partial charge in [0.25, 0.3) is 0 Å². The van der Waals surface area contributed by atoms with E-state index in [-0.39, 0.29) is 5.78 Å². The molecule has 0 unspecified atom stereocenters. The Balaban J connectivity index is 1.66. The van der Waals surface area contributed by atoms with Crippen LogP contribution in [0.5, 0.6) is 5.75 Å². The number of benzene rings is 2. The molecule has 2 aromatic carbocycles. The van der Waals surface area contributed by atoms with Crippen LogP contribution in [0.15, 0.2) is 54.6 Å². The molecule has 1 heterocycles. The van der Waals surface area contributed by atoms with E-state index in [2.05, 4.69) is 11.2 Å². The van der Waals surface area contributed by atoms with Gasteiger partial charge in [0.1, 0.15) is 12.4 Å². The third-order valence-electron chi connectivity index (χ3n) is 3.86. The Labute approximate surface area is 141 Å². The molecule has 0 amide bonds. The van der Waals surface area contributed by atoms with E-state index in [1.807, 2.05) is 54.9 Å². The first-order valence-electron chi connectivity index (χ1n) is 7.89. The molecule has 4 nitrogen and oxygen atoms in total. The van der Waals surface area contributed by atoms with E-state index in [9.17, 15) is 4.79 Å². The molecular formula is C20H20N2O2. The predicted octanol–water partition coefficient (Wildman–Crippen LogP) is 4.27. The molecule has 0 fully saturated rings. The summed E-state index contributed by atoms with van der Waals surface area (Å²) in [6, 6.07) is 17.4. The zero-order valence-corrected chi connectivity index (χ0v) is 14.1. The highest BCUT2D eigenvalue weighted by Crippen LogP contribution is 2.16. The lowest BCUT2D eigenvalue weighted by Gasteiger charge is -2.08. The monoisotopic (exact) mass is 320 g/mol. The highest BCUT2D eigenvalue weighted by molar-refractivity contribution is 5.94. The quantitative estimate of drug-likeness (QED) is 0.659. The summed E-state index contributed by atoms with van der Waals surface area (Å²) in [5.74, 6) is 0.809. The van der Waals surface area contributed by atoms with E-state index in [4.69, 9.17) is 4.74 Å². The normalized spacial score (nSPS) is 10.6. The number of hydrogen-bond donors (Lipinski definition) is 0. The van der Waals surface area contributed by atoms with Crippen molar-refractivity contribution >= 4 is 5.78 Å². The van der Waals surface area contributed by atoms with Crippen molar-refractivity contribution in [2.24, 2.45) is 0 Å². The summed E-state index contributed by atoms with van der Waals surface area (Å²) in [6.07, 6.45) is 0. The number of ether oxygens (including phenoxy) is 1. The molecule has 0 saturated carbocycles. The summed E-state index contributed by atoms with van der Waals surface area (Å²) in [5, 5.41) is 4.48. The Bertz CT molecular complexity index is 846. The van der Waals surface area contributed by atoms with Gasteiger partial charge in [-0.25, -0.2) is 4.68 Å². The van der Waals surface area contributed by atoms with Crippen LogP contribution in [0.1, 0.15) is 34.2 Å². The van der Waals surface area contributed by atoms with Crippen LogP contribution in [0.3, 0.4) is 0 Å². The molecule has 1 aromatic heterocycles. The largest absolute Gasteiger partial charge is 0.489 e. The van der Waals surface area contributed by atoms with Gasteiger partial charge in [0.05, 0.1) is 11.4 Å². The van der Waals surface area contributed by atoms with Crippen LogP contribution in [0, 0.1) is 13.8 Å². The Morgan fingerprint density at radius 3 is 2.25 bits per heavy atom. The third-order valence-corrected chi connectivity index (χ3v) is 3.86. The van der Waals surface area contributed by atoms with Crippen molar-refractivity contribution in [1.82, 2.24) is 9.78 Å². The smallest absolute Gasteiger partial charge is 0.159 e. The third kappa shape index (κ3) is 3.54. The minimum atomic E-state index is 0.0568. The fourth-order valence-electron chi connectivity index (χ4n) is 2.58. The summed E-state index contributed by atoms with van der Waals surface area (Å²) < 4.78 is 7.70. The average Bonchev–Trinajstić information content (AvgIpc) is 2.92. The van der Waals surface area contributed by atoms with Gasteiger partial charge in [0, 0.05) is 11.3 Å². The fraction of sp³-hybridized carbons (Fsp3) is 0.200. The zero-order chi connectivity index (χ0) is 17.1. The molecular weight excluding hydrogens is 300 g/mol. The lowest BCUT2D eigenvalue weighted by Crippen LogP contribution is -2.00. The Kier molecular flexibility index (Phi) is 4.47. The van der Waals surface area contributed by atoms with Gasteiger partial charge in [-0.1, -0.05) is 12.1 Å². The van der Waals surface area contributed by atoms with E-state index in [1.54, 1.807) is 19.1 Å². The Hall–Kier alpha value is -2.88. The molecule has 0 saturated heterocycles. The molecule has 122 valence electrons. The maximum Gasteiger partial charge on any atom is 0.159 e. The van der Waals surface area contributed by atoms with E-state index in [1.165, 1.54) is 0 Å². The SMILES string of the molecule is CC(=O)c1ccc(OCc2ccc(-n3nc(C)cc3C)cc2)cc1. The minimum Gasteiger partial charge on any atom is -0.489 e. The number of carbonyl (C=O) groups excluding carboxylic acids is 1. The zero-order valence-electron chi connectivity index (χ0n) is 14.1. The fourth-order valence-corrected chi connectivity index (χ4v) is 2.58. The van der Waals surface area contributed by atoms with Gasteiger partial charge in [0.15, 0.2) is 5.78 Å². The number of hydrogen-bond acceptors (Lipinski definition) is 3. The number of ketones is 1. The lowest BCUT2D eigenvalue weighted by molar-refractivity contribution is 0.101. The Morgan fingerprint density at radius 1 is 1.04 bits per heavy atom. The first kappa shape index (κ1) is 16.0. The van der Waals surface area contributed by atoms with E-state index in [0.29, 0.717) is 12.2 Å². The number of nitrogens with zero attached hydrogens (tertiary/aromatic N) is 2. The molecule has 3 rings (SSSR count). The van der Waals surface area contributed by atoms with Crippen molar-refractivity contribution in [3.05, 3.63) is 77.1 Å². The van der Waals surface area contributed by atoms with Crippen molar-refractivity contribution in [2.45, 2.75) is 27.4 Å². The minimum absolute atomic E-state index is 0.0568. The molecule has 0 aliphatic carbocycles. The molecule has 0 N–H and O–H groups in total. The predicted molar refractivity (Wildman–Crippen MR) is 93.8 cm³/mol. The molecule has 0 bridgehead atoms. The average molecular weight is 320 g/mol. The highest BCUT2D eigenvalue weighted by atomic mass is 16.5. The van der Waals surface area contributed by atoms with Crippen LogP contribution in [-0.2, 0) is 6.61 Å². The standard InChI is InChI=1S/C20H20N2O2/c1-14-12-15(2)22(21-14)19-8-4-17(5-9-19)13-24-20-10-6-18(7-11-20)16(3)23/h4-12H,13H2,1-3H3. The molecule has 24 heavy (non-hydrogen) atoms. The highest BCUT2D eigenvalue weighted by Gasteiger charge is 2.04. The van der Waals surface area contributed by atoms with Gasteiger partial charge in [0.2, 0.25) is 0 Å². The lowest BCUT2D eigenvalue weighted by atomic mass is 10.1. The summed E-state index contributed by atoms with van der Waals surface area (Å²) in [6.45, 7) is 6.07. The second kappa shape index (κ2) is 6.71. The van der Waals surface area contributed by atoms with E-state index < -0.39 is 0 Å². The van der Waals surface area contributed by atoms with Crippen LogP contribution >= 0.6 is 0 Å². The van der Waals surface area contributed by atoms with Crippen molar-refractivity contribution in [3.63, 3.8) is 0 Å². The Morgan fingerprint density at radius 2 is 1.71 bits per heavy atom. The first-order chi connectivity index (χ1) is 11.5. The van der Waals surface area contributed by atoms with E-state index in [0.717, 1.165) is 28.4 Å². The van der Waals surface area contributed by atoms with Crippen molar-refractivity contribution in [3.8, 4) is 11.4 Å². The maximum absolute atomic E-state index is 11.3. The molecule has 0 radical (unpaired) electrons. The summed E-state index contributed by atoms with van der Waals surface area (Å²) in [7, 11) is 0. The number of carbonyl (C=O) groups is 1. The van der Waals surface area contributed by atoms with Gasteiger partial charge >= 0.3 is 0 Å². The van der Waals surface area contributed by atoms with Crippen LogP contribution in [-0.4, -0.2) is 15.6 Å². The number of aromatic nitrogens is 2. The summed E-state index contributed by atoms with van der Waals surface area (Å²) >= 11 is 0. The molecule has 0 spiro atoms. The molecule has 3 aromatic rings. The van der Waals surface area contributed by atoms with E-state index >= 15 is 0 Å².